The van der Waals surface area contributed by atoms with Crippen LogP contribution in [-0.2, 0) is 10.0 Å². The first-order valence-corrected chi connectivity index (χ1v) is 8.30. The second kappa shape index (κ2) is 9.85. The fraction of sp³-hybridized carbons (Fsp3) is 1.00. The third kappa shape index (κ3) is 8.57. The highest BCUT2D eigenvalue weighted by Gasteiger charge is 2.16. The fourth-order valence-corrected chi connectivity index (χ4v) is 2.88. The molecule has 1 N–H and O–H groups in total. The van der Waals surface area contributed by atoms with Crippen molar-refractivity contribution in [1.82, 2.24) is 9.62 Å². The summed E-state index contributed by atoms with van der Waals surface area (Å²) in [5.74, 6) is 0.279. The molecule has 0 aliphatic heterocycles. The number of nitrogens with zero attached hydrogens (tertiary/aromatic N) is 1. The highest BCUT2D eigenvalue weighted by molar-refractivity contribution is 7.89. The van der Waals surface area contributed by atoms with E-state index in [2.05, 4.69) is 19.2 Å². The minimum Gasteiger partial charge on any atom is -0.317 e. The van der Waals surface area contributed by atoms with E-state index in [1.807, 2.05) is 0 Å². The molecule has 0 saturated heterocycles. The van der Waals surface area contributed by atoms with Crippen LogP contribution in [0.1, 0.15) is 46.0 Å². The van der Waals surface area contributed by atoms with Gasteiger partial charge in [0.25, 0.3) is 0 Å². The fourth-order valence-electron chi connectivity index (χ4n) is 1.59. The largest absolute Gasteiger partial charge is 0.317 e. The number of nitrogens with one attached hydrogen (secondary N) is 1. The number of hydrogen-bond acceptors (Lipinski definition) is 3. The number of sulfonamides is 1. The van der Waals surface area contributed by atoms with E-state index < -0.39 is 10.0 Å². The van der Waals surface area contributed by atoms with Gasteiger partial charge in [-0.15, -0.1) is 0 Å². The molecule has 0 saturated carbocycles. The monoisotopic (exact) mass is 264 g/mol. The maximum Gasteiger partial charge on any atom is 0.213 e. The summed E-state index contributed by atoms with van der Waals surface area (Å²) in [7, 11) is -1.33. The molecule has 0 atom stereocenters. The lowest BCUT2D eigenvalue weighted by Gasteiger charge is -2.16. The number of rotatable bonds is 11. The van der Waals surface area contributed by atoms with Gasteiger partial charge in [-0.25, -0.2) is 12.7 Å². The predicted molar refractivity (Wildman–Crippen MR) is 73.7 cm³/mol. The Morgan fingerprint density at radius 1 is 1.06 bits per heavy atom. The van der Waals surface area contributed by atoms with Crippen molar-refractivity contribution in [2.24, 2.45) is 0 Å². The number of hydrogen-bond donors (Lipinski definition) is 1. The summed E-state index contributed by atoms with van der Waals surface area (Å²) < 4.78 is 25.2. The van der Waals surface area contributed by atoms with Gasteiger partial charge in [-0.2, -0.15) is 0 Å². The first-order chi connectivity index (χ1) is 8.04. The van der Waals surface area contributed by atoms with Gasteiger partial charge in [0.15, 0.2) is 0 Å². The van der Waals surface area contributed by atoms with Gasteiger partial charge in [0.05, 0.1) is 5.75 Å². The summed E-state index contributed by atoms with van der Waals surface area (Å²) in [6, 6.07) is 0. The molecule has 0 bridgehead atoms. The Kier molecular flexibility index (Phi) is 9.78. The third-order valence-electron chi connectivity index (χ3n) is 2.81. The van der Waals surface area contributed by atoms with Crippen molar-refractivity contribution in [2.45, 2.75) is 46.0 Å². The van der Waals surface area contributed by atoms with Gasteiger partial charge in [0.1, 0.15) is 0 Å². The van der Waals surface area contributed by atoms with Crippen LogP contribution >= 0.6 is 0 Å². The third-order valence-corrected chi connectivity index (χ3v) is 4.74. The predicted octanol–water partition coefficient (Wildman–Crippen LogP) is 1.83. The van der Waals surface area contributed by atoms with Crippen molar-refractivity contribution in [3.8, 4) is 0 Å². The average Bonchev–Trinajstić information content (AvgIpc) is 2.29. The van der Waals surface area contributed by atoms with E-state index in [9.17, 15) is 8.42 Å². The molecule has 0 radical (unpaired) electrons. The second-order valence-electron chi connectivity index (χ2n) is 4.41. The van der Waals surface area contributed by atoms with Crippen LogP contribution < -0.4 is 5.32 Å². The van der Waals surface area contributed by atoms with Gasteiger partial charge in [-0.05, 0) is 32.4 Å². The van der Waals surface area contributed by atoms with E-state index in [1.54, 1.807) is 7.05 Å². The van der Waals surface area contributed by atoms with E-state index in [-0.39, 0.29) is 5.75 Å². The van der Waals surface area contributed by atoms with Crippen LogP contribution in [0.4, 0.5) is 0 Å². The van der Waals surface area contributed by atoms with Crippen molar-refractivity contribution >= 4 is 10.0 Å². The first-order valence-electron chi connectivity index (χ1n) is 6.69. The smallest absolute Gasteiger partial charge is 0.213 e. The molecule has 4 nitrogen and oxygen atoms in total. The van der Waals surface area contributed by atoms with E-state index in [0.29, 0.717) is 6.54 Å². The van der Waals surface area contributed by atoms with Crippen LogP contribution in [0.3, 0.4) is 0 Å². The molecular formula is C12H28N2O2S. The SMILES string of the molecule is CCCCCN(C)S(=O)(=O)CCCCNCC. The van der Waals surface area contributed by atoms with Crippen molar-refractivity contribution in [3.05, 3.63) is 0 Å². The topological polar surface area (TPSA) is 49.4 Å². The van der Waals surface area contributed by atoms with E-state index in [0.717, 1.165) is 45.2 Å². The Labute approximate surface area is 107 Å². The lowest BCUT2D eigenvalue weighted by molar-refractivity contribution is 0.452. The molecule has 0 aromatic heterocycles. The van der Waals surface area contributed by atoms with Crippen molar-refractivity contribution in [1.29, 1.82) is 0 Å². The quantitative estimate of drug-likeness (QED) is 0.579. The van der Waals surface area contributed by atoms with Crippen LogP contribution in [0.5, 0.6) is 0 Å². The molecule has 0 aromatic rings. The second-order valence-corrected chi connectivity index (χ2v) is 6.60. The van der Waals surface area contributed by atoms with Gasteiger partial charge in [0.2, 0.25) is 10.0 Å². The number of unbranched alkanes of at least 4 members (excludes halogenated alkanes) is 3. The molecule has 0 amide bonds. The summed E-state index contributed by atoms with van der Waals surface area (Å²) in [5, 5.41) is 3.20. The Bertz CT molecular complexity index is 266. The molecule has 0 aliphatic rings. The van der Waals surface area contributed by atoms with Crippen LogP contribution in [0.15, 0.2) is 0 Å². The van der Waals surface area contributed by atoms with Crippen LogP contribution in [-0.4, -0.2) is 45.2 Å². The lowest BCUT2D eigenvalue weighted by atomic mass is 10.2. The molecule has 0 fully saturated rings. The van der Waals surface area contributed by atoms with Gasteiger partial charge < -0.3 is 5.32 Å². The zero-order valence-corrected chi connectivity index (χ0v) is 12.4. The molecule has 0 rings (SSSR count). The minimum absolute atomic E-state index is 0.279. The lowest BCUT2D eigenvalue weighted by Crippen LogP contribution is -2.30. The van der Waals surface area contributed by atoms with Crippen molar-refractivity contribution in [2.75, 3.05) is 32.4 Å². The van der Waals surface area contributed by atoms with Gasteiger partial charge in [0, 0.05) is 13.6 Å². The molecule has 0 heterocycles. The normalized spacial score (nSPS) is 12.2. The molecule has 104 valence electrons. The standard InChI is InChI=1S/C12H28N2O2S/c1-4-6-8-11-14(3)17(15,16)12-9-7-10-13-5-2/h13H,4-12H2,1-3H3. The highest BCUT2D eigenvalue weighted by Crippen LogP contribution is 2.05. The molecule has 17 heavy (non-hydrogen) atoms. The van der Waals surface area contributed by atoms with Gasteiger partial charge >= 0.3 is 0 Å². The Morgan fingerprint density at radius 3 is 2.35 bits per heavy atom. The summed E-state index contributed by atoms with van der Waals surface area (Å²) in [4.78, 5) is 0. The van der Waals surface area contributed by atoms with E-state index in [1.165, 1.54) is 4.31 Å². The van der Waals surface area contributed by atoms with Crippen LogP contribution in [0.2, 0.25) is 0 Å². The zero-order valence-electron chi connectivity index (χ0n) is 11.5. The Balaban J connectivity index is 3.77. The molecule has 0 unspecified atom stereocenters. The van der Waals surface area contributed by atoms with Gasteiger partial charge in [-0.1, -0.05) is 26.7 Å². The van der Waals surface area contributed by atoms with Crippen LogP contribution in [0.25, 0.3) is 0 Å². The Morgan fingerprint density at radius 2 is 1.76 bits per heavy atom. The average molecular weight is 264 g/mol. The molecule has 0 spiro atoms. The molecule has 0 aliphatic carbocycles. The van der Waals surface area contributed by atoms with E-state index >= 15 is 0 Å². The molecule has 5 heteroatoms. The van der Waals surface area contributed by atoms with Crippen LogP contribution in [0, 0.1) is 0 Å². The van der Waals surface area contributed by atoms with E-state index in [4.69, 9.17) is 0 Å². The van der Waals surface area contributed by atoms with Gasteiger partial charge in [-0.3, -0.25) is 0 Å². The molecule has 0 aromatic carbocycles. The Hall–Kier alpha value is -0.130. The summed E-state index contributed by atoms with van der Waals surface area (Å²) in [6.07, 6.45) is 4.85. The maximum atomic E-state index is 11.9. The summed E-state index contributed by atoms with van der Waals surface area (Å²) in [6.45, 7) is 6.69. The minimum atomic E-state index is -3.02. The molecular weight excluding hydrogens is 236 g/mol. The highest BCUT2D eigenvalue weighted by atomic mass is 32.2. The summed E-state index contributed by atoms with van der Waals surface area (Å²) in [5.41, 5.74) is 0. The first kappa shape index (κ1) is 16.9. The maximum absolute atomic E-state index is 11.9. The van der Waals surface area contributed by atoms with Crippen molar-refractivity contribution < 1.29 is 8.42 Å². The van der Waals surface area contributed by atoms with Crippen molar-refractivity contribution in [3.63, 3.8) is 0 Å². The zero-order chi connectivity index (χ0) is 13.1. The summed E-state index contributed by atoms with van der Waals surface area (Å²) >= 11 is 0.